The van der Waals surface area contributed by atoms with Crippen LogP contribution < -0.4 is 5.32 Å². The zero-order valence-corrected chi connectivity index (χ0v) is 13.4. The highest BCUT2D eigenvalue weighted by atomic mass is 16.5. The first-order valence-electron chi connectivity index (χ1n) is 8.20. The lowest BCUT2D eigenvalue weighted by Crippen LogP contribution is -2.30. The molecule has 3 heterocycles. The lowest BCUT2D eigenvalue weighted by Gasteiger charge is -2.18. The Hall–Kier alpha value is -2.14. The third-order valence-corrected chi connectivity index (χ3v) is 4.97. The molecule has 0 saturated carbocycles. The molecule has 23 heavy (non-hydrogen) atoms. The van der Waals surface area contributed by atoms with Crippen LogP contribution in [0.3, 0.4) is 0 Å². The standard InChI is InChI=1S/C18H21N3O2/c1-10-11(2)20-17(19-10)12-4-3-5-13(8-12)21-18(22)15-9-14-6-7-16(15)23-14/h3-5,8,14-16H,6-7,9H2,1-2H3,(H,19,20)(H,21,22). The number of carbonyl (C=O) groups is 1. The summed E-state index contributed by atoms with van der Waals surface area (Å²) in [5.74, 6) is 0.894. The summed E-state index contributed by atoms with van der Waals surface area (Å²) in [7, 11) is 0. The highest BCUT2D eigenvalue weighted by Crippen LogP contribution is 2.39. The quantitative estimate of drug-likeness (QED) is 0.914. The molecule has 4 rings (SSSR count). The Balaban J connectivity index is 1.51. The Bertz CT molecular complexity index is 733. The van der Waals surface area contributed by atoms with Gasteiger partial charge in [-0.2, -0.15) is 0 Å². The smallest absolute Gasteiger partial charge is 0.230 e. The maximum atomic E-state index is 12.5. The first-order chi connectivity index (χ1) is 11.1. The molecule has 2 aliphatic heterocycles. The van der Waals surface area contributed by atoms with Gasteiger partial charge in [-0.15, -0.1) is 0 Å². The van der Waals surface area contributed by atoms with E-state index in [4.69, 9.17) is 4.74 Å². The van der Waals surface area contributed by atoms with Crippen molar-refractivity contribution in [1.29, 1.82) is 0 Å². The Morgan fingerprint density at radius 3 is 2.87 bits per heavy atom. The molecule has 1 aromatic heterocycles. The van der Waals surface area contributed by atoms with Crippen molar-refractivity contribution in [1.82, 2.24) is 9.97 Å². The molecule has 0 aliphatic carbocycles. The first-order valence-corrected chi connectivity index (χ1v) is 8.20. The molecule has 0 radical (unpaired) electrons. The Kier molecular flexibility index (Phi) is 3.45. The highest BCUT2D eigenvalue weighted by molar-refractivity contribution is 5.93. The van der Waals surface area contributed by atoms with Crippen molar-refractivity contribution >= 4 is 11.6 Å². The third kappa shape index (κ3) is 2.65. The number of hydrogen-bond acceptors (Lipinski definition) is 3. The van der Waals surface area contributed by atoms with Crippen molar-refractivity contribution in [3.05, 3.63) is 35.7 Å². The van der Waals surface area contributed by atoms with Gasteiger partial charge in [0, 0.05) is 16.9 Å². The van der Waals surface area contributed by atoms with E-state index in [1.54, 1.807) is 0 Å². The average Bonchev–Trinajstić information content (AvgIpc) is 3.24. The Labute approximate surface area is 135 Å². The molecule has 2 fully saturated rings. The number of ether oxygens (including phenoxy) is 1. The van der Waals surface area contributed by atoms with E-state index in [0.717, 1.165) is 47.7 Å². The summed E-state index contributed by atoms with van der Waals surface area (Å²) >= 11 is 0. The van der Waals surface area contributed by atoms with Crippen molar-refractivity contribution in [2.45, 2.75) is 45.3 Å². The summed E-state index contributed by atoms with van der Waals surface area (Å²) < 4.78 is 5.78. The molecule has 1 aromatic carbocycles. The molecule has 2 N–H and O–H groups in total. The van der Waals surface area contributed by atoms with E-state index in [0.29, 0.717) is 0 Å². The number of rotatable bonds is 3. The molecular weight excluding hydrogens is 290 g/mol. The molecule has 3 atom stereocenters. The second-order valence-corrected chi connectivity index (χ2v) is 6.58. The van der Waals surface area contributed by atoms with E-state index in [1.807, 2.05) is 38.1 Å². The van der Waals surface area contributed by atoms with Gasteiger partial charge in [-0.3, -0.25) is 4.79 Å². The molecule has 3 unspecified atom stereocenters. The third-order valence-electron chi connectivity index (χ3n) is 4.97. The lowest BCUT2D eigenvalue weighted by molar-refractivity contribution is -0.121. The van der Waals surface area contributed by atoms with E-state index in [1.165, 1.54) is 0 Å². The summed E-state index contributed by atoms with van der Waals surface area (Å²) in [5.41, 5.74) is 3.84. The second-order valence-electron chi connectivity index (χ2n) is 6.58. The topological polar surface area (TPSA) is 67.0 Å². The molecule has 120 valence electrons. The second kappa shape index (κ2) is 5.49. The van der Waals surface area contributed by atoms with Gasteiger partial charge < -0.3 is 15.0 Å². The van der Waals surface area contributed by atoms with E-state index >= 15 is 0 Å². The molecule has 2 bridgehead atoms. The van der Waals surface area contributed by atoms with Crippen molar-refractivity contribution in [3.63, 3.8) is 0 Å². The summed E-state index contributed by atoms with van der Waals surface area (Å²) in [6, 6.07) is 7.81. The van der Waals surface area contributed by atoms with Gasteiger partial charge in [-0.25, -0.2) is 4.98 Å². The van der Waals surface area contributed by atoms with Crippen LogP contribution in [0.5, 0.6) is 0 Å². The van der Waals surface area contributed by atoms with Crippen molar-refractivity contribution in [2.75, 3.05) is 5.32 Å². The van der Waals surface area contributed by atoms with Crippen LogP contribution in [0.15, 0.2) is 24.3 Å². The van der Waals surface area contributed by atoms with Gasteiger partial charge in [-0.1, -0.05) is 12.1 Å². The minimum Gasteiger partial charge on any atom is -0.374 e. The number of benzene rings is 1. The Morgan fingerprint density at radius 2 is 2.22 bits per heavy atom. The molecule has 1 amide bonds. The van der Waals surface area contributed by atoms with Crippen LogP contribution in [-0.4, -0.2) is 28.1 Å². The van der Waals surface area contributed by atoms with Crippen LogP contribution in [0.1, 0.15) is 30.7 Å². The minimum absolute atomic E-state index is 0.00879. The zero-order chi connectivity index (χ0) is 16.0. The molecule has 5 nitrogen and oxygen atoms in total. The fourth-order valence-corrected chi connectivity index (χ4v) is 3.58. The summed E-state index contributed by atoms with van der Waals surface area (Å²) in [5, 5.41) is 3.04. The fraction of sp³-hybridized carbons (Fsp3) is 0.444. The lowest BCUT2D eigenvalue weighted by atomic mass is 9.88. The number of imidazole rings is 1. The maximum absolute atomic E-state index is 12.5. The molecule has 2 saturated heterocycles. The number of aromatic nitrogens is 2. The number of fused-ring (bicyclic) bond motifs is 2. The number of amides is 1. The molecule has 2 aliphatic rings. The van der Waals surface area contributed by atoms with Gasteiger partial charge in [0.2, 0.25) is 5.91 Å². The number of nitrogens with one attached hydrogen (secondary N) is 2. The number of hydrogen-bond donors (Lipinski definition) is 2. The summed E-state index contributed by atoms with van der Waals surface area (Å²) in [6.45, 7) is 3.99. The monoisotopic (exact) mass is 311 g/mol. The predicted molar refractivity (Wildman–Crippen MR) is 88.1 cm³/mol. The van der Waals surface area contributed by atoms with E-state index in [2.05, 4.69) is 15.3 Å². The van der Waals surface area contributed by atoms with Crippen LogP contribution in [0, 0.1) is 19.8 Å². The van der Waals surface area contributed by atoms with Crippen LogP contribution in [-0.2, 0) is 9.53 Å². The summed E-state index contributed by atoms with van der Waals surface area (Å²) in [4.78, 5) is 20.3. The number of carbonyl (C=O) groups excluding carboxylic acids is 1. The van der Waals surface area contributed by atoms with Crippen LogP contribution in [0.25, 0.3) is 11.4 Å². The number of anilines is 1. The van der Waals surface area contributed by atoms with Gasteiger partial charge in [0.05, 0.1) is 23.8 Å². The van der Waals surface area contributed by atoms with Gasteiger partial charge in [0.15, 0.2) is 0 Å². The van der Waals surface area contributed by atoms with Crippen molar-refractivity contribution in [2.24, 2.45) is 5.92 Å². The number of aryl methyl sites for hydroxylation is 2. The fourth-order valence-electron chi connectivity index (χ4n) is 3.58. The van der Waals surface area contributed by atoms with Crippen LogP contribution >= 0.6 is 0 Å². The predicted octanol–water partition coefficient (Wildman–Crippen LogP) is 3.20. The van der Waals surface area contributed by atoms with E-state index < -0.39 is 0 Å². The van der Waals surface area contributed by atoms with Gasteiger partial charge >= 0.3 is 0 Å². The number of H-pyrrole nitrogens is 1. The molecule has 2 aromatic rings. The minimum atomic E-state index is -0.00879. The Morgan fingerprint density at radius 1 is 1.35 bits per heavy atom. The number of aromatic amines is 1. The molecule has 5 heteroatoms. The van der Waals surface area contributed by atoms with Crippen molar-refractivity contribution in [3.8, 4) is 11.4 Å². The van der Waals surface area contributed by atoms with Gasteiger partial charge in [0.1, 0.15) is 5.82 Å². The zero-order valence-electron chi connectivity index (χ0n) is 13.4. The molecule has 0 spiro atoms. The van der Waals surface area contributed by atoms with E-state index in [9.17, 15) is 4.79 Å². The van der Waals surface area contributed by atoms with Crippen LogP contribution in [0.4, 0.5) is 5.69 Å². The van der Waals surface area contributed by atoms with Crippen molar-refractivity contribution < 1.29 is 9.53 Å². The van der Waals surface area contributed by atoms with Gasteiger partial charge in [-0.05, 0) is 45.2 Å². The highest BCUT2D eigenvalue weighted by Gasteiger charge is 2.44. The van der Waals surface area contributed by atoms with Crippen LogP contribution in [0.2, 0.25) is 0 Å². The first kappa shape index (κ1) is 14.5. The average molecular weight is 311 g/mol. The summed E-state index contributed by atoms with van der Waals surface area (Å²) in [6.07, 6.45) is 3.36. The van der Waals surface area contributed by atoms with Gasteiger partial charge in [0.25, 0.3) is 0 Å². The van der Waals surface area contributed by atoms with E-state index in [-0.39, 0.29) is 24.0 Å². The largest absolute Gasteiger partial charge is 0.374 e. The molecular formula is C18H21N3O2. The SMILES string of the molecule is Cc1nc(-c2cccc(NC(=O)C3CC4CCC3O4)c2)[nH]c1C. The normalized spacial score (nSPS) is 25.7. The maximum Gasteiger partial charge on any atom is 0.230 e. The number of nitrogens with zero attached hydrogens (tertiary/aromatic N) is 1.